The zero-order valence-corrected chi connectivity index (χ0v) is 40.7. The Hall–Kier alpha value is -9.92. The number of rotatable bonds is 4. The Labute approximate surface area is 424 Å². The topological polar surface area (TPSA) is 109 Å². The maximum absolute atomic E-state index is 5.47. The number of benzene rings is 10. The maximum atomic E-state index is 5.47. The predicted molar refractivity (Wildman–Crippen MR) is 313 cm³/mol. The minimum absolute atomic E-state index is 0.518. The standard InChI is InChI=1S/C64H38N8.C2H6/c1-5-33-17-41-25-49-51(27-43(41)19-35(33)7-3)59-66-57(49)65-58-50-26-42-18-34(6-2)36(8-4)20-44(42)28-52(50)60(67-58)69-62-54-30-46-22-38-14-10-12-16-40(38)24-48(46)32-56(54)64(71-62)72-63-55-31-47-23-39-15-11-9-13-37(39)21-45(47)29-53(55)61(68-59)70-63;1-2/h5-32H,1-4H2,(H2,65,66,67,68,69,70,71,72);1-2H3. The van der Waals surface area contributed by atoms with E-state index < -0.39 is 0 Å². The van der Waals surface area contributed by atoms with E-state index in [0.29, 0.717) is 45.9 Å². The third kappa shape index (κ3) is 6.55. The summed E-state index contributed by atoms with van der Waals surface area (Å²) in [6.07, 6.45) is 7.46. The predicted octanol–water partition coefficient (Wildman–Crippen LogP) is 17.4. The largest absolute Gasteiger partial charge is 0.324 e. The van der Waals surface area contributed by atoms with E-state index in [4.69, 9.17) is 29.9 Å². The summed E-state index contributed by atoms with van der Waals surface area (Å²) in [4.78, 5) is 39.9. The lowest BCUT2D eigenvalue weighted by Gasteiger charge is -2.08. The highest BCUT2D eigenvalue weighted by atomic mass is 15.1. The number of aromatic amines is 2. The van der Waals surface area contributed by atoms with Gasteiger partial charge in [0.1, 0.15) is 22.6 Å². The zero-order chi connectivity index (χ0) is 49.9. The van der Waals surface area contributed by atoms with E-state index in [9.17, 15) is 0 Å². The van der Waals surface area contributed by atoms with Crippen LogP contribution in [0.1, 0.15) is 36.1 Å². The van der Waals surface area contributed by atoms with E-state index >= 15 is 0 Å². The van der Waals surface area contributed by atoms with E-state index in [0.717, 1.165) is 131 Å². The Morgan fingerprint density at radius 3 is 0.770 bits per heavy atom. The molecule has 0 amide bonds. The molecule has 0 aliphatic carbocycles. The van der Waals surface area contributed by atoms with Crippen LogP contribution < -0.4 is 0 Å². The van der Waals surface area contributed by atoms with Gasteiger partial charge in [-0.25, -0.2) is 29.9 Å². The molecular weight excluding hydrogens is 905 g/mol. The van der Waals surface area contributed by atoms with Crippen molar-refractivity contribution >= 4 is 133 Å². The Bertz CT molecular complexity index is 4900. The molecule has 15 rings (SSSR count). The van der Waals surface area contributed by atoms with E-state index in [1.54, 1.807) is 0 Å². The molecule has 8 heteroatoms. The van der Waals surface area contributed by atoms with Crippen molar-refractivity contribution in [3.8, 4) is 45.6 Å². The highest BCUT2D eigenvalue weighted by Gasteiger charge is 2.25. The smallest absolute Gasteiger partial charge is 0.164 e. The summed E-state index contributed by atoms with van der Waals surface area (Å²) in [7, 11) is 0. The third-order valence-corrected chi connectivity index (χ3v) is 14.7. The number of fused-ring (bicyclic) bond motifs is 26. The molecule has 13 aromatic rings. The van der Waals surface area contributed by atoms with Crippen molar-refractivity contribution in [3.05, 3.63) is 194 Å². The molecule has 5 heterocycles. The lowest BCUT2D eigenvalue weighted by atomic mass is 9.96. The van der Waals surface area contributed by atoms with Gasteiger partial charge in [-0.1, -0.05) is 113 Å². The first-order chi connectivity index (χ1) is 36.4. The van der Waals surface area contributed by atoms with Crippen molar-refractivity contribution < 1.29 is 0 Å². The molecule has 10 aromatic carbocycles. The number of hydrogen-bond acceptors (Lipinski definition) is 6. The average Bonchev–Trinajstić information content (AvgIpc) is 4.15. The summed E-state index contributed by atoms with van der Waals surface area (Å²) in [6, 6.07) is 51.9. The van der Waals surface area contributed by atoms with Crippen LogP contribution in [0, 0.1) is 0 Å². The van der Waals surface area contributed by atoms with Gasteiger partial charge >= 0.3 is 0 Å². The van der Waals surface area contributed by atoms with Crippen LogP contribution in [-0.2, 0) is 0 Å². The van der Waals surface area contributed by atoms with E-state index in [2.05, 4.69) is 182 Å². The van der Waals surface area contributed by atoms with Crippen molar-refractivity contribution in [2.75, 3.05) is 0 Å². The van der Waals surface area contributed by atoms with E-state index in [-0.39, 0.29) is 0 Å². The molecule has 8 nitrogen and oxygen atoms in total. The Kier molecular flexibility index (Phi) is 9.46. The molecule has 2 N–H and O–H groups in total. The summed E-state index contributed by atoms with van der Waals surface area (Å²) in [5.74, 6) is 2.12. The first kappa shape index (κ1) is 42.9. The molecule has 2 aliphatic rings. The molecular formula is C66H44N8. The van der Waals surface area contributed by atoms with Crippen LogP contribution in [0.25, 0.3) is 179 Å². The van der Waals surface area contributed by atoms with Gasteiger partial charge in [-0.2, -0.15) is 0 Å². The van der Waals surface area contributed by atoms with Gasteiger partial charge < -0.3 is 9.97 Å². The second-order valence-electron chi connectivity index (χ2n) is 18.8. The van der Waals surface area contributed by atoms with E-state index in [1.807, 2.05) is 38.2 Å². The van der Waals surface area contributed by atoms with Crippen LogP contribution in [0.3, 0.4) is 0 Å². The molecule has 3 aromatic heterocycles. The van der Waals surface area contributed by atoms with Crippen LogP contribution in [0.15, 0.2) is 172 Å². The Balaban J connectivity index is 0.00000249. The van der Waals surface area contributed by atoms with Gasteiger partial charge in [0.15, 0.2) is 23.3 Å². The van der Waals surface area contributed by atoms with Gasteiger partial charge in [0, 0.05) is 43.8 Å². The fourth-order valence-electron chi connectivity index (χ4n) is 11.0. The third-order valence-electron chi connectivity index (χ3n) is 14.7. The Morgan fingerprint density at radius 1 is 0.284 bits per heavy atom. The fourth-order valence-corrected chi connectivity index (χ4v) is 11.0. The second kappa shape index (κ2) is 16.3. The lowest BCUT2D eigenvalue weighted by molar-refractivity contribution is 1.19. The normalized spacial score (nSPS) is 11.9. The average molecular weight is 949 g/mol. The number of hydrogen-bond donors (Lipinski definition) is 2. The van der Waals surface area contributed by atoms with Crippen molar-refractivity contribution in [2.45, 2.75) is 13.8 Å². The van der Waals surface area contributed by atoms with Crippen LogP contribution in [-0.4, -0.2) is 39.9 Å². The SMILES string of the molecule is C=Cc1cc2cc3c(cc2cc1C=C)-c1nc-3nc2[nH]c(nc3nc(nc4[nH]c(n1)c1cc5cc6ccccc6cc5cc41)-c1cc4cc5ccccc5cc4cc1-3)c1cc3cc(C=C)c(C=C)cc3cc21.CC. The van der Waals surface area contributed by atoms with Crippen LogP contribution in [0.2, 0.25) is 0 Å². The molecule has 348 valence electrons. The van der Waals surface area contributed by atoms with Gasteiger partial charge in [-0.05, 0) is 184 Å². The fraction of sp³-hybridized carbons (Fsp3) is 0.0303. The zero-order valence-electron chi connectivity index (χ0n) is 40.7. The minimum atomic E-state index is 0.518. The number of nitrogens with one attached hydrogen (secondary N) is 2. The van der Waals surface area contributed by atoms with Crippen molar-refractivity contribution in [1.82, 2.24) is 39.9 Å². The summed E-state index contributed by atoms with van der Waals surface area (Å²) in [6.45, 7) is 20.4. The molecule has 0 unspecified atom stereocenters. The van der Waals surface area contributed by atoms with Gasteiger partial charge in [0.05, 0.1) is 0 Å². The number of H-pyrrole nitrogens is 2. The molecule has 0 radical (unpaired) electrons. The quantitative estimate of drug-likeness (QED) is 0.170. The molecule has 2 aliphatic heterocycles. The molecule has 74 heavy (non-hydrogen) atoms. The highest BCUT2D eigenvalue weighted by Crippen LogP contribution is 2.42. The molecule has 0 saturated heterocycles. The first-order valence-electron chi connectivity index (χ1n) is 24.9. The van der Waals surface area contributed by atoms with E-state index in [1.165, 1.54) is 0 Å². The maximum Gasteiger partial charge on any atom is 0.164 e. The van der Waals surface area contributed by atoms with Gasteiger partial charge in [0.25, 0.3) is 0 Å². The Morgan fingerprint density at radius 2 is 0.514 bits per heavy atom. The number of aromatic nitrogens is 8. The first-order valence-corrected chi connectivity index (χ1v) is 24.9. The highest BCUT2D eigenvalue weighted by molar-refractivity contribution is 6.15. The van der Waals surface area contributed by atoms with Gasteiger partial charge in [-0.15, -0.1) is 0 Å². The summed E-state index contributed by atoms with van der Waals surface area (Å²) in [5, 5.41) is 16.7. The second-order valence-corrected chi connectivity index (χ2v) is 18.8. The van der Waals surface area contributed by atoms with Crippen molar-refractivity contribution in [1.29, 1.82) is 0 Å². The van der Waals surface area contributed by atoms with Crippen LogP contribution in [0.5, 0.6) is 0 Å². The number of nitrogens with zero attached hydrogens (tertiary/aromatic N) is 6. The molecule has 0 atom stereocenters. The molecule has 0 spiro atoms. The van der Waals surface area contributed by atoms with Crippen LogP contribution >= 0.6 is 0 Å². The molecule has 0 fully saturated rings. The van der Waals surface area contributed by atoms with Crippen molar-refractivity contribution in [3.63, 3.8) is 0 Å². The van der Waals surface area contributed by atoms with Crippen LogP contribution in [0.4, 0.5) is 0 Å². The summed E-state index contributed by atoms with van der Waals surface area (Å²) < 4.78 is 0. The lowest BCUT2D eigenvalue weighted by Crippen LogP contribution is -1.87. The van der Waals surface area contributed by atoms with Gasteiger partial charge in [0.2, 0.25) is 0 Å². The van der Waals surface area contributed by atoms with Crippen molar-refractivity contribution in [2.24, 2.45) is 0 Å². The molecule has 8 bridgehead atoms. The minimum Gasteiger partial charge on any atom is -0.324 e. The summed E-state index contributed by atoms with van der Waals surface area (Å²) in [5.41, 5.74) is 9.90. The monoisotopic (exact) mass is 948 g/mol. The molecule has 0 saturated carbocycles. The summed E-state index contributed by atoms with van der Waals surface area (Å²) >= 11 is 0. The van der Waals surface area contributed by atoms with Gasteiger partial charge in [-0.3, -0.25) is 0 Å².